The zero-order valence-corrected chi connectivity index (χ0v) is 22.8. The van der Waals surface area contributed by atoms with Crippen LogP contribution < -0.4 is 19.1 Å². The molecule has 10 heteroatoms. The molecule has 2 atom stereocenters. The fourth-order valence-electron chi connectivity index (χ4n) is 4.08. The number of rotatable bonds is 13. The first kappa shape index (κ1) is 28.3. The van der Waals surface area contributed by atoms with Crippen LogP contribution in [0.1, 0.15) is 45.6 Å². The molecule has 0 saturated heterocycles. The van der Waals surface area contributed by atoms with E-state index in [0.717, 1.165) is 18.2 Å². The van der Waals surface area contributed by atoms with Crippen molar-refractivity contribution >= 4 is 27.5 Å². The second-order valence-electron chi connectivity index (χ2n) is 9.29. The number of fused-ring (bicyclic) bond motifs is 1. The first-order chi connectivity index (χ1) is 17.6. The number of amides is 2. The second kappa shape index (κ2) is 12.8. The maximum Gasteiger partial charge on any atom is 0.242 e. The van der Waals surface area contributed by atoms with Crippen LogP contribution in [0.25, 0.3) is 0 Å². The van der Waals surface area contributed by atoms with Gasteiger partial charge in [0.15, 0.2) is 11.5 Å². The summed E-state index contributed by atoms with van der Waals surface area (Å²) in [6.07, 6.45) is 2.93. The summed E-state index contributed by atoms with van der Waals surface area (Å²) in [7, 11) is -3.60. The summed E-state index contributed by atoms with van der Waals surface area (Å²) in [5.41, 5.74) is 1.52. The van der Waals surface area contributed by atoms with Gasteiger partial charge in [0.1, 0.15) is 6.04 Å². The second-order valence-corrected chi connectivity index (χ2v) is 11.2. The maximum absolute atomic E-state index is 13.3. The zero-order valence-electron chi connectivity index (χ0n) is 22.0. The van der Waals surface area contributed by atoms with Crippen LogP contribution in [0.4, 0.5) is 5.69 Å². The number of benzene rings is 2. The third-order valence-corrected chi connectivity index (χ3v) is 7.64. The van der Waals surface area contributed by atoms with Crippen LogP contribution in [-0.2, 0) is 26.0 Å². The van der Waals surface area contributed by atoms with Gasteiger partial charge in [0, 0.05) is 31.6 Å². The summed E-state index contributed by atoms with van der Waals surface area (Å²) in [5, 5.41) is 2.96. The van der Waals surface area contributed by atoms with Gasteiger partial charge in [-0.3, -0.25) is 13.9 Å². The van der Waals surface area contributed by atoms with Gasteiger partial charge >= 0.3 is 0 Å². The normalized spacial score (nSPS) is 14.1. The van der Waals surface area contributed by atoms with Crippen LogP contribution in [0.15, 0.2) is 48.5 Å². The van der Waals surface area contributed by atoms with Gasteiger partial charge in [-0.25, -0.2) is 8.42 Å². The first-order valence-corrected chi connectivity index (χ1v) is 14.5. The summed E-state index contributed by atoms with van der Waals surface area (Å²) in [4.78, 5) is 27.8. The number of nitrogens with one attached hydrogen (secondary N) is 1. The molecule has 1 aliphatic rings. The monoisotopic (exact) mass is 531 g/mol. The molecular formula is C27H37N3O6S. The highest BCUT2D eigenvalue weighted by Gasteiger charge is 2.27. The molecule has 0 saturated carbocycles. The number of sulfonamides is 1. The Morgan fingerprint density at radius 3 is 2.41 bits per heavy atom. The van der Waals surface area contributed by atoms with E-state index >= 15 is 0 Å². The Bertz CT molecular complexity index is 1170. The molecule has 0 fully saturated rings. The van der Waals surface area contributed by atoms with Crippen molar-refractivity contribution in [2.45, 2.75) is 58.5 Å². The average Bonchev–Trinajstić information content (AvgIpc) is 3.34. The van der Waals surface area contributed by atoms with Crippen molar-refractivity contribution in [3.63, 3.8) is 0 Å². The lowest BCUT2D eigenvalue weighted by Crippen LogP contribution is -2.50. The van der Waals surface area contributed by atoms with E-state index < -0.39 is 16.1 Å². The van der Waals surface area contributed by atoms with Crippen LogP contribution in [0.3, 0.4) is 0 Å². The Kier molecular flexibility index (Phi) is 9.79. The largest absolute Gasteiger partial charge is 0.454 e. The van der Waals surface area contributed by atoms with Crippen molar-refractivity contribution in [3.8, 4) is 11.5 Å². The summed E-state index contributed by atoms with van der Waals surface area (Å²) >= 11 is 0. The predicted molar refractivity (Wildman–Crippen MR) is 143 cm³/mol. The van der Waals surface area contributed by atoms with Crippen molar-refractivity contribution < 1.29 is 27.5 Å². The van der Waals surface area contributed by atoms with E-state index in [1.165, 1.54) is 4.31 Å². The SMILES string of the molecule is CC[C@@H](C)NC(=O)[C@@H](C)N(CCc1ccccc1)C(=O)CCCN(c1ccc2c(c1)OCO2)S(C)(=O)=O. The van der Waals surface area contributed by atoms with Crippen LogP contribution >= 0.6 is 0 Å². The topological polar surface area (TPSA) is 105 Å². The molecule has 2 aromatic carbocycles. The number of ether oxygens (including phenoxy) is 2. The first-order valence-electron chi connectivity index (χ1n) is 12.6. The van der Waals surface area contributed by atoms with E-state index in [1.807, 2.05) is 44.2 Å². The molecule has 1 heterocycles. The number of hydrogen-bond acceptors (Lipinski definition) is 6. The lowest BCUT2D eigenvalue weighted by atomic mass is 10.1. The summed E-state index contributed by atoms with van der Waals surface area (Å²) in [6.45, 7) is 6.24. The van der Waals surface area contributed by atoms with Crippen molar-refractivity contribution in [1.29, 1.82) is 0 Å². The number of hydrogen-bond donors (Lipinski definition) is 1. The highest BCUT2D eigenvalue weighted by Crippen LogP contribution is 2.36. The predicted octanol–water partition coefficient (Wildman–Crippen LogP) is 3.34. The molecule has 0 unspecified atom stereocenters. The number of anilines is 1. The van der Waals surface area contributed by atoms with E-state index in [2.05, 4.69) is 5.32 Å². The van der Waals surface area contributed by atoms with E-state index in [9.17, 15) is 18.0 Å². The lowest BCUT2D eigenvalue weighted by Gasteiger charge is -2.30. The molecule has 37 heavy (non-hydrogen) atoms. The fourth-order valence-corrected chi connectivity index (χ4v) is 5.04. The highest BCUT2D eigenvalue weighted by molar-refractivity contribution is 7.92. The molecule has 202 valence electrons. The third kappa shape index (κ3) is 7.85. The molecule has 0 aromatic heterocycles. The minimum Gasteiger partial charge on any atom is -0.454 e. The number of carbonyl (C=O) groups is 2. The Labute approximate surface area is 219 Å². The molecule has 1 aliphatic heterocycles. The van der Waals surface area contributed by atoms with Gasteiger partial charge in [0.05, 0.1) is 11.9 Å². The molecule has 0 radical (unpaired) electrons. The fraction of sp³-hybridized carbons (Fsp3) is 0.481. The van der Waals surface area contributed by atoms with E-state index in [4.69, 9.17) is 9.47 Å². The molecule has 0 spiro atoms. The lowest BCUT2D eigenvalue weighted by molar-refractivity contribution is -0.140. The molecule has 0 aliphatic carbocycles. The molecule has 1 N–H and O–H groups in total. The van der Waals surface area contributed by atoms with Crippen LogP contribution in [-0.4, -0.2) is 63.4 Å². The molecule has 9 nitrogen and oxygen atoms in total. The van der Waals surface area contributed by atoms with Gasteiger partial charge in [0.25, 0.3) is 0 Å². The van der Waals surface area contributed by atoms with E-state index in [1.54, 1.807) is 30.0 Å². The summed E-state index contributed by atoms with van der Waals surface area (Å²) < 4.78 is 37.0. The smallest absolute Gasteiger partial charge is 0.242 e. The van der Waals surface area contributed by atoms with Crippen LogP contribution in [0.5, 0.6) is 11.5 Å². The minimum absolute atomic E-state index is 0.00560. The van der Waals surface area contributed by atoms with Gasteiger partial charge in [-0.1, -0.05) is 37.3 Å². The van der Waals surface area contributed by atoms with Gasteiger partial charge in [-0.15, -0.1) is 0 Å². The van der Waals surface area contributed by atoms with Crippen LogP contribution in [0, 0.1) is 0 Å². The van der Waals surface area contributed by atoms with Crippen LogP contribution in [0.2, 0.25) is 0 Å². The molecule has 2 aromatic rings. The Balaban J connectivity index is 1.69. The Hall–Kier alpha value is -3.27. The molecule has 0 bridgehead atoms. The Morgan fingerprint density at radius 2 is 1.73 bits per heavy atom. The summed E-state index contributed by atoms with van der Waals surface area (Å²) in [5.74, 6) is 0.650. The van der Waals surface area contributed by atoms with Gasteiger partial charge in [0.2, 0.25) is 28.6 Å². The number of nitrogens with zero attached hydrogens (tertiary/aromatic N) is 2. The van der Waals surface area contributed by atoms with Crippen molar-refractivity contribution in [1.82, 2.24) is 10.2 Å². The average molecular weight is 532 g/mol. The van der Waals surface area contributed by atoms with E-state index in [0.29, 0.717) is 36.6 Å². The Morgan fingerprint density at radius 1 is 1.03 bits per heavy atom. The van der Waals surface area contributed by atoms with Crippen molar-refractivity contribution in [2.75, 3.05) is 30.4 Å². The van der Waals surface area contributed by atoms with Gasteiger partial charge in [-0.05, 0) is 50.8 Å². The standard InChI is InChI=1S/C27H37N3O6S/c1-5-20(2)28-27(32)21(3)29(17-15-22-10-7-6-8-11-22)26(31)12-9-16-30(37(4,33)34)23-13-14-24-25(18-23)36-19-35-24/h6-8,10-11,13-14,18,20-21H,5,9,12,15-17,19H2,1-4H3,(H,28,32)/t20-,21-/m1/s1. The van der Waals surface area contributed by atoms with E-state index in [-0.39, 0.29) is 37.6 Å². The number of carbonyl (C=O) groups excluding carboxylic acids is 2. The molecule has 2 amide bonds. The molecule has 3 rings (SSSR count). The van der Waals surface area contributed by atoms with Gasteiger partial charge in [-0.2, -0.15) is 0 Å². The zero-order chi connectivity index (χ0) is 27.0. The summed E-state index contributed by atoms with van der Waals surface area (Å²) in [6, 6.07) is 14.1. The maximum atomic E-state index is 13.3. The van der Waals surface area contributed by atoms with Gasteiger partial charge < -0.3 is 19.7 Å². The van der Waals surface area contributed by atoms with Crippen molar-refractivity contribution in [3.05, 3.63) is 54.1 Å². The highest BCUT2D eigenvalue weighted by atomic mass is 32.2. The molecular weight excluding hydrogens is 494 g/mol. The minimum atomic E-state index is -3.60. The van der Waals surface area contributed by atoms with Crippen molar-refractivity contribution in [2.24, 2.45) is 0 Å². The quantitative estimate of drug-likeness (QED) is 0.425. The third-order valence-electron chi connectivity index (χ3n) is 6.45.